The molecule has 2 aromatic rings. The summed E-state index contributed by atoms with van der Waals surface area (Å²) >= 11 is 0. The Balaban J connectivity index is 2.41. The molecule has 112 valence electrons. The summed E-state index contributed by atoms with van der Waals surface area (Å²) in [5, 5.41) is 0. The van der Waals surface area contributed by atoms with Crippen LogP contribution >= 0.6 is 0 Å². The minimum atomic E-state index is 0.00892. The lowest BCUT2D eigenvalue weighted by atomic mass is 9.68. The maximum Gasteiger partial charge on any atom is 0.0392 e. The molecular weight excluding hydrogens is 254 g/mol. The van der Waals surface area contributed by atoms with Crippen LogP contribution in [0, 0.1) is 0 Å². The van der Waals surface area contributed by atoms with Gasteiger partial charge in [0.1, 0.15) is 0 Å². The van der Waals surface area contributed by atoms with Gasteiger partial charge in [-0.2, -0.15) is 0 Å². The lowest BCUT2D eigenvalue weighted by molar-refractivity contribution is 0.322. The largest absolute Gasteiger partial charge is 0.323 e. The van der Waals surface area contributed by atoms with E-state index in [-0.39, 0.29) is 11.5 Å². The van der Waals surface area contributed by atoms with Crippen molar-refractivity contribution in [1.29, 1.82) is 0 Å². The van der Waals surface area contributed by atoms with E-state index < -0.39 is 0 Å². The number of benzene rings is 2. The number of aryl methyl sites for hydroxylation is 1. The first-order valence-electron chi connectivity index (χ1n) is 8.07. The Morgan fingerprint density at radius 1 is 0.857 bits per heavy atom. The normalized spacial score (nSPS) is 13.1. The molecule has 0 amide bonds. The van der Waals surface area contributed by atoms with Crippen LogP contribution in [-0.4, -0.2) is 0 Å². The summed E-state index contributed by atoms with van der Waals surface area (Å²) in [5.74, 6) is 0. The molecule has 0 saturated carbocycles. The molecule has 21 heavy (non-hydrogen) atoms. The Kier molecular flexibility index (Phi) is 5.19. The van der Waals surface area contributed by atoms with Crippen LogP contribution in [0.4, 0.5) is 0 Å². The highest BCUT2D eigenvalue weighted by Crippen LogP contribution is 2.41. The van der Waals surface area contributed by atoms with Crippen LogP contribution in [0.2, 0.25) is 0 Å². The van der Waals surface area contributed by atoms with E-state index in [4.69, 9.17) is 5.73 Å². The van der Waals surface area contributed by atoms with E-state index >= 15 is 0 Å². The van der Waals surface area contributed by atoms with Crippen LogP contribution in [0.25, 0.3) is 0 Å². The van der Waals surface area contributed by atoms with Gasteiger partial charge in [-0.3, -0.25) is 0 Å². The third-order valence-corrected chi connectivity index (χ3v) is 4.95. The molecule has 0 heterocycles. The first kappa shape index (κ1) is 15.8. The van der Waals surface area contributed by atoms with Crippen molar-refractivity contribution >= 4 is 0 Å². The Hall–Kier alpha value is -1.60. The van der Waals surface area contributed by atoms with Gasteiger partial charge < -0.3 is 5.73 Å². The van der Waals surface area contributed by atoms with Crippen LogP contribution in [0.3, 0.4) is 0 Å². The molecule has 0 aliphatic rings. The smallest absolute Gasteiger partial charge is 0.0392 e. The summed E-state index contributed by atoms with van der Waals surface area (Å²) in [6, 6.07) is 19.6. The fourth-order valence-corrected chi connectivity index (χ4v) is 3.33. The standard InChI is InChI=1S/C20H27N/c1-4-16-12-14-17(15-13-16)19(21)20(5-2,6-3)18-10-8-7-9-11-18/h7-15,19H,4-6,21H2,1-3H3. The maximum atomic E-state index is 6.72. The minimum Gasteiger partial charge on any atom is -0.323 e. The lowest BCUT2D eigenvalue weighted by Gasteiger charge is -2.38. The van der Waals surface area contributed by atoms with Gasteiger partial charge in [0.15, 0.2) is 0 Å². The van der Waals surface area contributed by atoms with Crippen molar-refractivity contribution in [2.45, 2.75) is 51.5 Å². The topological polar surface area (TPSA) is 26.0 Å². The van der Waals surface area contributed by atoms with Gasteiger partial charge >= 0.3 is 0 Å². The second kappa shape index (κ2) is 6.91. The first-order valence-corrected chi connectivity index (χ1v) is 8.07. The molecule has 0 spiro atoms. The van der Waals surface area contributed by atoms with E-state index in [0.29, 0.717) is 0 Å². The molecule has 2 aromatic carbocycles. The maximum absolute atomic E-state index is 6.72. The van der Waals surface area contributed by atoms with Crippen LogP contribution in [0.1, 0.15) is 56.3 Å². The third-order valence-electron chi connectivity index (χ3n) is 4.95. The van der Waals surface area contributed by atoms with E-state index in [0.717, 1.165) is 19.3 Å². The summed E-state index contributed by atoms with van der Waals surface area (Å²) < 4.78 is 0. The summed E-state index contributed by atoms with van der Waals surface area (Å²) in [5.41, 5.74) is 10.7. The highest BCUT2D eigenvalue weighted by atomic mass is 14.7. The Morgan fingerprint density at radius 3 is 1.90 bits per heavy atom. The van der Waals surface area contributed by atoms with Gasteiger partial charge in [0.2, 0.25) is 0 Å². The predicted octanol–water partition coefficient (Wildman–Crippen LogP) is 5.01. The number of rotatable bonds is 6. The molecule has 2 N–H and O–H groups in total. The van der Waals surface area contributed by atoms with Crippen LogP contribution in [0.15, 0.2) is 54.6 Å². The SMILES string of the molecule is CCc1ccc(C(N)C(CC)(CC)c2ccccc2)cc1. The van der Waals surface area contributed by atoms with Gasteiger partial charge in [-0.15, -0.1) is 0 Å². The number of hydrogen-bond acceptors (Lipinski definition) is 1. The molecule has 1 atom stereocenters. The van der Waals surface area contributed by atoms with Crippen molar-refractivity contribution in [2.24, 2.45) is 5.73 Å². The van der Waals surface area contributed by atoms with Gasteiger partial charge in [-0.25, -0.2) is 0 Å². The Bertz CT molecular complexity index is 538. The molecule has 1 heteroatoms. The van der Waals surface area contributed by atoms with Gasteiger partial charge in [-0.1, -0.05) is 75.4 Å². The van der Waals surface area contributed by atoms with E-state index in [1.807, 2.05) is 0 Å². The summed E-state index contributed by atoms with van der Waals surface area (Å²) in [4.78, 5) is 0. The average Bonchev–Trinajstić information content (AvgIpc) is 2.57. The molecule has 0 aliphatic carbocycles. The lowest BCUT2D eigenvalue weighted by Crippen LogP contribution is -2.37. The second-order valence-electron chi connectivity index (χ2n) is 5.80. The van der Waals surface area contributed by atoms with E-state index in [1.54, 1.807) is 0 Å². The molecule has 0 fully saturated rings. The highest BCUT2D eigenvalue weighted by Gasteiger charge is 2.35. The molecule has 0 radical (unpaired) electrons. The van der Waals surface area contributed by atoms with Crippen LogP contribution < -0.4 is 5.73 Å². The van der Waals surface area contributed by atoms with Crippen molar-refractivity contribution in [3.8, 4) is 0 Å². The quantitative estimate of drug-likeness (QED) is 0.791. The highest BCUT2D eigenvalue weighted by molar-refractivity contribution is 5.34. The molecule has 2 rings (SSSR count). The molecular formula is C20H27N. The predicted molar refractivity (Wildman–Crippen MR) is 91.5 cm³/mol. The Morgan fingerprint density at radius 2 is 1.43 bits per heavy atom. The van der Waals surface area contributed by atoms with E-state index in [2.05, 4.69) is 75.4 Å². The van der Waals surface area contributed by atoms with E-state index in [9.17, 15) is 0 Å². The molecule has 0 aromatic heterocycles. The average molecular weight is 281 g/mol. The van der Waals surface area contributed by atoms with Gasteiger partial charge in [0.25, 0.3) is 0 Å². The third kappa shape index (κ3) is 3.03. The monoisotopic (exact) mass is 281 g/mol. The van der Waals surface area contributed by atoms with Crippen molar-refractivity contribution in [2.75, 3.05) is 0 Å². The van der Waals surface area contributed by atoms with Crippen LogP contribution in [-0.2, 0) is 11.8 Å². The van der Waals surface area contributed by atoms with Crippen molar-refractivity contribution in [3.63, 3.8) is 0 Å². The molecule has 0 bridgehead atoms. The molecule has 0 saturated heterocycles. The van der Waals surface area contributed by atoms with Crippen LogP contribution in [0.5, 0.6) is 0 Å². The second-order valence-corrected chi connectivity index (χ2v) is 5.80. The van der Waals surface area contributed by atoms with Crippen molar-refractivity contribution < 1.29 is 0 Å². The summed E-state index contributed by atoms with van der Waals surface area (Å²) in [7, 11) is 0. The molecule has 1 nitrogen and oxygen atoms in total. The zero-order valence-electron chi connectivity index (χ0n) is 13.5. The molecule has 0 aliphatic heterocycles. The van der Waals surface area contributed by atoms with Gasteiger partial charge in [-0.05, 0) is 36.0 Å². The number of hydrogen-bond donors (Lipinski definition) is 1. The Labute approximate surface area is 129 Å². The fourth-order valence-electron chi connectivity index (χ4n) is 3.33. The minimum absolute atomic E-state index is 0.00892. The van der Waals surface area contributed by atoms with Gasteiger partial charge in [0, 0.05) is 11.5 Å². The zero-order chi connectivity index (χ0) is 15.3. The fraction of sp³-hybridized carbons (Fsp3) is 0.400. The van der Waals surface area contributed by atoms with Crippen molar-refractivity contribution in [3.05, 3.63) is 71.3 Å². The summed E-state index contributed by atoms with van der Waals surface area (Å²) in [6.45, 7) is 6.68. The first-order chi connectivity index (χ1) is 10.2. The van der Waals surface area contributed by atoms with E-state index in [1.165, 1.54) is 16.7 Å². The van der Waals surface area contributed by atoms with Gasteiger partial charge in [0.05, 0.1) is 0 Å². The molecule has 1 unspecified atom stereocenters. The summed E-state index contributed by atoms with van der Waals surface area (Å²) in [6.07, 6.45) is 3.16. The van der Waals surface area contributed by atoms with Crippen molar-refractivity contribution in [1.82, 2.24) is 0 Å². The number of nitrogens with two attached hydrogens (primary N) is 1. The zero-order valence-corrected chi connectivity index (χ0v) is 13.5.